The summed E-state index contributed by atoms with van der Waals surface area (Å²) in [5.74, 6) is 0.345. The molecule has 1 rings (SSSR count). The Morgan fingerprint density at radius 3 is 2.67 bits per heavy atom. The lowest BCUT2D eigenvalue weighted by molar-refractivity contribution is -0.135. The van der Waals surface area contributed by atoms with E-state index in [9.17, 15) is 4.79 Å². The van der Waals surface area contributed by atoms with Gasteiger partial charge in [0.25, 0.3) is 0 Å². The van der Waals surface area contributed by atoms with Crippen LogP contribution in [0.5, 0.6) is 0 Å². The Kier molecular flexibility index (Phi) is 5.69. The quantitative estimate of drug-likeness (QED) is 0.786. The molecule has 3 heteroatoms. The minimum atomic E-state index is 0.107. The van der Waals surface area contributed by atoms with Gasteiger partial charge in [-0.3, -0.25) is 4.79 Å². The molecule has 18 heavy (non-hydrogen) atoms. The average molecular weight is 248 g/mol. The Labute approximate surface area is 110 Å². The second-order valence-corrected chi connectivity index (χ2v) is 4.79. The molecule has 1 amide bonds. The molecule has 2 N–H and O–H groups in total. The van der Waals surface area contributed by atoms with Gasteiger partial charge in [-0.05, 0) is 31.0 Å². The summed E-state index contributed by atoms with van der Waals surface area (Å²) in [4.78, 5) is 14.1. The van der Waals surface area contributed by atoms with E-state index in [0.717, 1.165) is 30.6 Å². The highest BCUT2D eigenvalue weighted by molar-refractivity contribution is 5.78. The van der Waals surface area contributed by atoms with Crippen molar-refractivity contribution < 1.29 is 4.79 Å². The number of anilines is 1. The van der Waals surface area contributed by atoms with Crippen LogP contribution in [0.15, 0.2) is 24.3 Å². The largest absolute Gasteiger partial charge is 0.399 e. The molecule has 3 nitrogen and oxygen atoms in total. The molecule has 0 saturated heterocycles. The van der Waals surface area contributed by atoms with E-state index in [4.69, 9.17) is 5.73 Å². The maximum atomic E-state index is 12.2. The van der Waals surface area contributed by atoms with Crippen molar-refractivity contribution in [2.75, 3.05) is 12.3 Å². The zero-order chi connectivity index (χ0) is 13.5. The topological polar surface area (TPSA) is 46.3 Å². The molecular weight excluding hydrogens is 224 g/mol. The minimum Gasteiger partial charge on any atom is -0.399 e. The summed E-state index contributed by atoms with van der Waals surface area (Å²) < 4.78 is 0. The second-order valence-electron chi connectivity index (χ2n) is 4.79. The Morgan fingerprint density at radius 1 is 1.39 bits per heavy atom. The first kappa shape index (κ1) is 14.6. The summed E-state index contributed by atoms with van der Waals surface area (Å²) in [7, 11) is 0. The summed E-state index contributed by atoms with van der Waals surface area (Å²) in [6, 6.07) is 7.73. The van der Waals surface area contributed by atoms with Gasteiger partial charge in [0.2, 0.25) is 5.91 Å². The molecule has 0 aromatic heterocycles. The predicted molar refractivity (Wildman–Crippen MR) is 76.0 cm³/mol. The van der Waals surface area contributed by atoms with Gasteiger partial charge in [0, 0.05) is 24.7 Å². The third-order valence-electron chi connectivity index (χ3n) is 3.16. The average Bonchev–Trinajstić information content (AvgIpc) is 2.35. The van der Waals surface area contributed by atoms with Crippen LogP contribution in [-0.4, -0.2) is 17.4 Å². The lowest BCUT2D eigenvalue weighted by Gasteiger charge is -2.24. The molecule has 0 heterocycles. The number of rotatable bonds is 6. The standard InChI is InChI=1S/C15H24N2O/c1-4-7-12(3)15(18)17(5-2)11-13-8-6-9-14(16)10-13/h6,8-10,12H,4-5,7,11,16H2,1-3H3. The van der Waals surface area contributed by atoms with Crippen molar-refractivity contribution >= 4 is 11.6 Å². The fraction of sp³-hybridized carbons (Fsp3) is 0.533. The van der Waals surface area contributed by atoms with Gasteiger partial charge in [-0.15, -0.1) is 0 Å². The lowest BCUT2D eigenvalue weighted by Crippen LogP contribution is -2.34. The SMILES string of the molecule is CCCC(C)C(=O)N(CC)Cc1cccc(N)c1. The zero-order valence-electron chi connectivity index (χ0n) is 11.6. The van der Waals surface area contributed by atoms with E-state index in [1.54, 1.807) is 0 Å². The van der Waals surface area contributed by atoms with E-state index in [1.165, 1.54) is 0 Å². The van der Waals surface area contributed by atoms with E-state index >= 15 is 0 Å². The van der Waals surface area contributed by atoms with Gasteiger partial charge in [0.1, 0.15) is 0 Å². The van der Waals surface area contributed by atoms with E-state index in [1.807, 2.05) is 43.0 Å². The van der Waals surface area contributed by atoms with Crippen LogP contribution in [-0.2, 0) is 11.3 Å². The van der Waals surface area contributed by atoms with Crippen molar-refractivity contribution in [2.24, 2.45) is 5.92 Å². The van der Waals surface area contributed by atoms with Crippen LogP contribution in [0.4, 0.5) is 5.69 Å². The van der Waals surface area contributed by atoms with Crippen LogP contribution in [0.2, 0.25) is 0 Å². The normalized spacial score (nSPS) is 12.2. The molecule has 0 aliphatic heterocycles. The maximum absolute atomic E-state index is 12.2. The predicted octanol–water partition coefficient (Wildman–Crippen LogP) is 3.05. The molecule has 0 fully saturated rings. The van der Waals surface area contributed by atoms with Gasteiger partial charge in [0.15, 0.2) is 0 Å². The maximum Gasteiger partial charge on any atom is 0.225 e. The van der Waals surface area contributed by atoms with Crippen LogP contribution in [0.25, 0.3) is 0 Å². The fourth-order valence-corrected chi connectivity index (χ4v) is 2.13. The second kappa shape index (κ2) is 7.04. The highest BCUT2D eigenvalue weighted by atomic mass is 16.2. The van der Waals surface area contributed by atoms with Crippen molar-refractivity contribution in [3.63, 3.8) is 0 Å². The Bertz CT molecular complexity index is 390. The smallest absolute Gasteiger partial charge is 0.225 e. The van der Waals surface area contributed by atoms with Gasteiger partial charge in [-0.2, -0.15) is 0 Å². The van der Waals surface area contributed by atoms with Crippen LogP contribution in [0.1, 0.15) is 39.2 Å². The van der Waals surface area contributed by atoms with Gasteiger partial charge >= 0.3 is 0 Å². The minimum absolute atomic E-state index is 0.107. The molecule has 100 valence electrons. The number of nitrogen functional groups attached to an aromatic ring is 1. The molecule has 0 aliphatic carbocycles. The number of nitrogens with zero attached hydrogens (tertiary/aromatic N) is 1. The molecule has 1 aromatic carbocycles. The highest BCUT2D eigenvalue weighted by Crippen LogP contribution is 2.14. The number of nitrogens with two attached hydrogens (primary N) is 1. The molecular formula is C15H24N2O. The Morgan fingerprint density at radius 2 is 2.11 bits per heavy atom. The van der Waals surface area contributed by atoms with E-state index in [0.29, 0.717) is 6.54 Å². The Hall–Kier alpha value is -1.51. The highest BCUT2D eigenvalue weighted by Gasteiger charge is 2.18. The molecule has 1 aromatic rings. The summed E-state index contributed by atoms with van der Waals surface area (Å²) in [5.41, 5.74) is 7.60. The number of carbonyl (C=O) groups is 1. The summed E-state index contributed by atoms with van der Waals surface area (Å²) in [5, 5.41) is 0. The third kappa shape index (κ3) is 4.06. The molecule has 1 atom stereocenters. The van der Waals surface area contributed by atoms with Crippen molar-refractivity contribution in [1.29, 1.82) is 0 Å². The fourth-order valence-electron chi connectivity index (χ4n) is 2.13. The number of hydrogen-bond donors (Lipinski definition) is 1. The number of benzene rings is 1. The van der Waals surface area contributed by atoms with Crippen molar-refractivity contribution in [1.82, 2.24) is 4.90 Å². The Balaban J connectivity index is 2.69. The molecule has 0 saturated carbocycles. The van der Waals surface area contributed by atoms with Crippen LogP contribution in [0, 0.1) is 5.92 Å². The van der Waals surface area contributed by atoms with Crippen LogP contribution >= 0.6 is 0 Å². The first-order valence-electron chi connectivity index (χ1n) is 6.71. The molecule has 0 aliphatic rings. The van der Waals surface area contributed by atoms with Crippen molar-refractivity contribution in [2.45, 2.75) is 40.2 Å². The van der Waals surface area contributed by atoms with E-state index in [2.05, 4.69) is 6.92 Å². The van der Waals surface area contributed by atoms with Gasteiger partial charge in [-0.1, -0.05) is 32.4 Å². The number of carbonyl (C=O) groups excluding carboxylic acids is 1. The summed E-state index contributed by atoms with van der Waals surface area (Å²) in [6.07, 6.45) is 2.00. The zero-order valence-corrected chi connectivity index (χ0v) is 11.6. The van der Waals surface area contributed by atoms with Gasteiger partial charge < -0.3 is 10.6 Å². The summed E-state index contributed by atoms with van der Waals surface area (Å²) >= 11 is 0. The molecule has 0 spiro atoms. The molecule has 0 radical (unpaired) electrons. The summed E-state index contributed by atoms with van der Waals surface area (Å²) in [6.45, 7) is 7.52. The number of hydrogen-bond acceptors (Lipinski definition) is 2. The van der Waals surface area contributed by atoms with Crippen molar-refractivity contribution in [3.8, 4) is 0 Å². The lowest BCUT2D eigenvalue weighted by atomic mass is 10.0. The van der Waals surface area contributed by atoms with Crippen LogP contribution < -0.4 is 5.73 Å². The molecule has 1 unspecified atom stereocenters. The van der Waals surface area contributed by atoms with Gasteiger partial charge in [-0.25, -0.2) is 0 Å². The van der Waals surface area contributed by atoms with Crippen molar-refractivity contribution in [3.05, 3.63) is 29.8 Å². The van der Waals surface area contributed by atoms with Crippen LogP contribution in [0.3, 0.4) is 0 Å². The monoisotopic (exact) mass is 248 g/mol. The first-order chi connectivity index (χ1) is 8.58. The van der Waals surface area contributed by atoms with E-state index < -0.39 is 0 Å². The first-order valence-corrected chi connectivity index (χ1v) is 6.71. The third-order valence-corrected chi connectivity index (χ3v) is 3.16. The molecule has 0 bridgehead atoms. The number of amides is 1. The van der Waals surface area contributed by atoms with Gasteiger partial charge in [0.05, 0.1) is 0 Å². The van der Waals surface area contributed by atoms with E-state index in [-0.39, 0.29) is 11.8 Å².